The number of nitrogens with zero attached hydrogens (tertiary/aromatic N) is 1. The molecule has 1 nitrogen and oxygen atoms in total. The van der Waals surface area contributed by atoms with Gasteiger partial charge in [0.1, 0.15) is 0 Å². The monoisotopic (exact) mass is 307 g/mol. The van der Waals surface area contributed by atoms with Crippen LogP contribution in [-0.4, -0.2) is 22.7 Å². The van der Waals surface area contributed by atoms with Crippen LogP contribution in [-0.2, 0) is 0 Å². The Morgan fingerprint density at radius 3 is 1.90 bits per heavy atom. The van der Waals surface area contributed by atoms with E-state index in [0.717, 1.165) is 0 Å². The number of thioether (sulfide) groups is 1. The predicted octanol–water partition coefficient (Wildman–Crippen LogP) is 5.84. The van der Waals surface area contributed by atoms with E-state index in [1.54, 1.807) is 11.1 Å². The quantitative estimate of drug-likeness (QED) is 0.644. The van der Waals surface area contributed by atoms with Crippen LogP contribution in [0.2, 0.25) is 0 Å². The smallest absolute Gasteiger partial charge is 0.0264 e. The molecule has 2 heteroatoms. The van der Waals surface area contributed by atoms with Crippen LogP contribution in [0.15, 0.2) is 21.7 Å². The van der Waals surface area contributed by atoms with Gasteiger partial charge in [-0.05, 0) is 58.4 Å². The van der Waals surface area contributed by atoms with Crippen LogP contribution in [0.3, 0.4) is 0 Å². The third kappa shape index (κ3) is 2.58. The van der Waals surface area contributed by atoms with Crippen LogP contribution in [0.1, 0.15) is 68.7 Å². The zero-order chi connectivity index (χ0) is 16.2. The van der Waals surface area contributed by atoms with Crippen LogP contribution in [0.25, 0.3) is 0 Å². The Kier molecular flexibility index (Phi) is 4.11. The molecule has 0 saturated carbocycles. The summed E-state index contributed by atoms with van der Waals surface area (Å²) in [7, 11) is 0. The zero-order valence-corrected chi connectivity index (χ0v) is 16.3. The summed E-state index contributed by atoms with van der Waals surface area (Å²) < 4.78 is 0.309. The molecule has 0 saturated heterocycles. The number of rotatable bonds is 3. The highest BCUT2D eigenvalue weighted by atomic mass is 32.2. The first-order chi connectivity index (χ1) is 9.42. The molecule has 0 aliphatic carbocycles. The summed E-state index contributed by atoms with van der Waals surface area (Å²) in [5, 5.41) is 0. The van der Waals surface area contributed by atoms with E-state index in [0.29, 0.717) is 15.6 Å². The van der Waals surface area contributed by atoms with Gasteiger partial charge in [-0.15, -0.1) is 11.8 Å². The fourth-order valence-electron chi connectivity index (χ4n) is 3.95. The summed E-state index contributed by atoms with van der Waals surface area (Å²) in [6.07, 6.45) is 1.25. The Morgan fingerprint density at radius 2 is 1.52 bits per heavy atom. The largest absolute Gasteiger partial charge is 0.374 e. The minimum absolute atomic E-state index is 0.308. The van der Waals surface area contributed by atoms with Gasteiger partial charge in [0.2, 0.25) is 0 Å². The van der Waals surface area contributed by atoms with Crippen molar-refractivity contribution >= 4 is 11.8 Å². The van der Waals surface area contributed by atoms with E-state index < -0.39 is 0 Å². The lowest BCUT2D eigenvalue weighted by atomic mass is 9.70. The van der Waals surface area contributed by atoms with Crippen molar-refractivity contribution in [2.75, 3.05) is 13.1 Å². The van der Waals surface area contributed by atoms with Gasteiger partial charge in [-0.2, -0.15) is 0 Å². The molecule has 2 aliphatic heterocycles. The van der Waals surface area contributed by atoms with Gasteiger partial charge in [0.25, 0.3) is 0 Å². The maximum atomic E-state index is 2.61. The third-order valence-corrected chi connectivity index (χ3v) is 8.17. The molecule has 0 aromatic carbocycles. The second-order valence-corrected chi connectivity index (χ2v) is 10.2. The minimum atomic E-state index is 0.308. The first-order valence-electron chi connectivity index (χ1n) is 8.22. The summed E-state index contributed by atoms with van der Waals surface area (Å²) in [5.41, 5.74) is 5.32. The molecule has 2 rings (SSSR count). The molecule has 2 heterocycles. The Labute approximate surface area is 136 Å². The first kappa shape index (κ1) is 17.0. The van der Waals surface area contributed by atoms with Crippen molar-refractivity contribution in [2.45, 2.75) is 73.5 Å². The lowest BCUT2D eigenvalue weighted by Crippen LogP contribution is -2.39. The van der Waals surface area contributed by atoms with E-state index in [1.165, 1.54) is 30.1 Å². The van der Waals surface area contributed by atoms with Crippen LogP contribution in [0.4, 0.5) is 0 Å². The Balaban J connectivity index is 2.14. The maximum Gasteiger partial charge on any atom is 0.0264 e. The van der Waals surface area contributed by atoms with E-state index in [9.17, 15) is 0 Å². The summed E-state index contributed by atoms with van der Waals surface area (Å²) in [6.45, 7) is 23.7. The standard InChI is InChI=1S/C19H33NS/c1-13-15(3)20(12-17(13,5)6)11-10-19(9)14(2)16(4)21-18(19,7)8/h10-12H2,1-9H3. The van der Waals surface area contributed by atoms with E-state index in [4.69, 9.17) is 0 Å². The van der Waals surface area contributed by atoms with Gasteiger partial charge in [0.15, 0.2) is 0 Å². The Morgan fingerprint density at radius 1 is 0.952 bits per heavy atom. The number of allylic oxidation sites excluding steroid dienone is 3. The molecular formula is C19H33NS. The average Bonchev–Trinajstić information content (AvgIpc) is 2.65. The summed E-state index contributed by atoms with van der Waals surface area (Å²) >= 11 is 2.07. The highest BCUT2D eigenvalue weighted by Crippen LogP contribution is 2.59. The van der Waals surface area contributed by atoms with Crippen LogP contribution in [0.5, 0.6) is 0 Å². The molecule has 21 heavy (non-hydrogen) atoms. The first-order valence-corrected chi connectivity index (χ1v) is 9.04. The second-order valence-electron chi connectivity index (χ2n) is 8.39. The van der Waals surface area contributed by atoms with Crippen molar-refractivity contribution < 1.29 is 0 Å². The lowest BCUT2D eigenvalue weighted by molar-refractivity contribution is 0.224. The van der Waals surface area contributed by atoms with Gasteiger partial charge in [-0.1, -0.05) is 26.3 Å². The Hall–Kier alpha value is -0.370. The number of hydrogen-bond acceptors (Lipinski definition) is 2. The van der Waals surface area contributed by atoms with Gasteiger partial charge in [-0.3, -0.25) is 0 Å². The summed E-state index contributed by atoms with van der Waals surface area (Å²) in [4.78, 5) is 4.15. The van der Waals surface area contributed by atoms with Gasteiger partial charge in [0.05, 0.1) is 0 Å². The van der Waals surface area contributed by atoms with Crippen molar-refractivity contribution in [3.05, 3.63) is 21.7 Å². The summed E-state index contributed by atoms with van der Waals surface area (Å²) in [5.74, 6) is 0. The molecule has 0 spiro atoms. The van der Waals surface area contributed by atoms with Crippen LogP contribution in [0, 0.1) is 10.8 Å². The van der Waals surface area contributed by atoms with E-state index >= 15 is 0 Å². The molecule has 0 bridgehead atoms. The Bertz CT molecular complexity index is 510. The van der Waals surface area contributed by atoms with Crippen LogP contribution < -0.4 is 0 Å². The molecule has 0 aromatic rings. The van der Waals surface area contributed by atoms with E-state index in [2.05, 4.69) is 79.0 Å². The predicted molar refractivity (Wildman–Crippen MR) is 96.5 cm³/mol. The van der Waals surface area contributed by atoms with Gasteiger partial charge >= 0.3 is 0 Å². The third-order valence-electron chi connectivity index (χ3n) is 6.59. The molecule has 0 amide bonds. The lowest BCUT2D eigenvalue weighted by Gasteiger charge is -2.41. The van der Waals surface area contributed by atoms with Crippen molar-refractivity contribution in [1.82, 2.24) is 4.90 Å². The van der Waals surface area contributed by atoms with E-state index in [-0.39, 0.29) is 0 Å². The molecule has 120 valence electrons. The van der Waals surface area contributed by atoms with Gasteiger partial charge in [-0.25, -0.2) is 0 Å². The van der Waals surface area contributed by atoms with Crippen LogP contribution >= 0.6 is 11.8 Å². The van der Waals surface area contributed by atoms with Gasteiger partial charge in [0, 0.05) is 34.4 Å². The van der Waals surface area contributed by atoms with Crippen molar-refractivity contribution in [2.24, 2.45) is 10.8 Å². The van der Waals surface area contributed by atoms with Crippen molar-refractivity contribution in [3.63, 3.8) is 0 Å². The van der Waals surface area contributed by atoms with Gasteiger partial charge < -0.3 is 4.90 Å². The molecule has 1 atom stereocenters. The molecule has 2 aliphatic rings. The molecule has 0 N–H and O–H groups in total. The molecule has 0 fully saturated rings. The average molecular weight is 308 g/mol. The highest BCUT2D eigenvalue weighted by Gasteiger charge is 2.48. The molecule has 0 radical (unpaired) electrons. The molecule has 0 aromatic heterocycles. The van der Waals surface area contributed by atoms with Crippen molar-refractivity contribution in [1.29, 1.82) is 0 Å². The zero-order valence-electron chi connectivity index (χ0n) is 15.5. The minimum Gasteiger partial charge on any atom is -0.374 e. The fourth-order valence-corrected chi connectivity index (χ4v) is 5.57. The fraction of sp³-hybridized carbons (Fsp3) is 0.789. The van der Waals surface area contributed by atoms with E-state index in [1.807, 2.05) is 0 Å². The second kappa shape index (κ2) is 5.08. The summed E-state index contributed by atoms with van der Waals surface area (Å²) in [6, 6.07) is 0. The number of hydrogen-bond donors (Lipinski definition) is 0. The molecular weight excluding hydrogens is 274 g/mol. The molecule has 1 unspecified atom stereocenters. The maximum absolute atomic E-state index is 2.61. The van der Waals surface area contributed by atoms with Crippen molar-refractivity contribution in [3.8, 4) is 0 Å². The normalized spacial score (nSPS) is 31.6. The topological polar surface area (TPSA) is 3.24 Å². The SMILES string of the molecule is CC1=C(C)C(C)(CCN2CC(C)(C)C(C)=C2C)C(C)(C)S1. The highest BCUT2D eigenvalue weighted by molar-refractivity contribution is 8.04.